The highest BCUT2D eigenvalue weighted by Gasteiger charge is 2.23. The van der Waals surface area contributed by atoms with Gasteiger partial charge in [-0.15, -0.1) is 5.10 Å². The lowest BCUT2D eigenvalue weighted by atomic mass is 10.1. The van der Waals surface area contributed by atoms with Gasteiger partial charge in [-0.25, -0.2) is 18.4 Å². The SMILES string of the molecule is C[C@@H](Oc1cc(-c2nnn(C)c2NC(=O)OC(C)(C)C)cn2ncc(C#N)c12)c1ccc(F)cn1. The van der Waals surface area contributed by atoms with Crippen LogP contribution in [0.5, 0.6) is 5.75 Å². The van der Waals surface area contributed by atoms with Gasteiger partial charge < -0.3 is 9.47 Å². The van der Waals surface area contributed by atoms with E-state index in [0.29, 0.717) is 39.6 Å². The topological polar surface area (TPSA) is 132 Å². The Hall–Kier alpha value is -4.53. The number of nitriles is 1. The fraction of sp³-hybridized carbons (Fsp3) is 0.304. The summed E-state index contributed by atoms with van der Waals surface area (Å²) in [6.45, 7) is 7.03. The number of anilines is 1. The molecule has 0 aromatic carbocycles. The molecule has 180 valence electrons. The number of aryl methyl sites for hydroxylation is 1. The Morgan fingerprint density at radius 1 is 1.29 bits per heavy atom. The number of carbonyl (C=O) groups is 1. The summed E-state index contributed by atoms with van der Waals surface area (Å²) in [4.78, 5) is 16.5. The monoisotopic (exact) mass is 478 g/mol. The largest absolute Gasteiger partial charge is 0.482 e. The number of aromatic nitrogens is 6. The molecule has 0 fully saturated rings. The third-order valence-electron chi connectivity index (χ3n) is 4.89. The Morgan fingerprint density at radius 3 is 2.71 bits per heavy atom. The summed E-state index contributed by atoms with van der Waals surface area (Å²) < 4.78 is 27.7. The van der Waals surface area contributed by atoms with Crippen LogP contribution in [-0.2, 0) is 11.8 Å². The van der Waals surface area contributed by atoms with Crippen LogP contribution in [0.15, 0.2) is 36.8 Å². The standard InChI is InChI=1S/C23H23FN8O3/c1-13(17-7-6-16(24)11-26-17)34-18-8-14(12-32-20(18)15(9-25)10-27-32)19-21(31(5)30-29-19)28-22(33)35-23(2,3)4/h6-8,10-13H,1-5H3,(H,28,33)/t13-/m1/s1. The van der Waals surface area contributed by atoms with E-state index in [4.69, 9.17) is 9.47 Å². The molecule has 0 bridgehead atoms. The molecule has 4 heterocycles. The highest BCUT2D eigenvalue weighted by Crippen LogP contribution is 2.34. The van der Waals surface area contributed by atoms with Crippen molar-refractivity contribution in [3.8, 4) is 23.1 Å². The molecule has 0 aliphatic rings. The molecule has 4 aromatic heterocycles. The molecule has 4 aromatic rings. The van der Waals surface area contributed by atoms with Crippen molar-refractivity contribution in [2.24, 2.45) is 7.05 Å². The van der Waals surface area contributed by atoms with Gasteiger partial charge in [0.05, 0.1) is 18.1 Å². The third-order valence-corrected chi connectivity index (χ3v) is 4.89. The minimum atomic E-state index is -0.691. The van der Waals surface area contributed by atoms with Crippen molar-refractivity contribution < 1.29 is 18.7 Å². The second-order valence-corrected chi connectivity index (χ2v) is 8.75. The molecule has 0 spiro atoms. The van der Waals surface area contributed by atoms with Crippen LogP contribution in [0.2, 0.25) is 0 Å². The number of nitrogens with zero attached hydrogens (tertiary/aromatic N) is 7. The van der Waals surface area contributed by atoms with E-state index in [-0.39, 0.29) is 0 Å². The van der Waals surface area contributed by atoms with E-state index >= 15 is 0 Å². The third kappa shape index (κ3) is 5.03. The molecule has 1 N–H and O–H groups in total. The van der Waals surface area contributed by atoms with Crippen LogP contribution in [0.4, 0.5) is 15.0 Å². The first-order chi connectivity index (χ1) is 16.6. The molecule has 1 amide bonds. The van der Waals surface area contributed by atoms with Crippen LogP contribution in [0.1, 0.15) is 45.1 Å². The van der Waals surface area contributed by atoms with Crippen LogP contribution in [0, 0.1) is 17.1 Å². The van der Waals surface area contributed by atoms with Crippen molar-refractivity contribution in [2.75, 3.05) is 5.32 Å². The van der Waals surface area contributed by atoms with Gasteiger partial charge in [-0.05, 0) is 45.9 Å². The molecule has 1 atom stereocenters. The van der Waals surface area contributed by atoms with Crippen molar-refractivity contribution in [1.82, 2.24) is 29.6 Å². The predicted octanol–water partition coefficient (Wildman–Crippen LogP) is 4.02. The lowest BCUT2D eigenvalue weighted by Gasteiger charge is -2.20. The van der Waals surface area contributed by atoms with E-state index in [1.54, 1.807) is 47.0 Å². The maximum atomic E-state index is 13.3. The summed E-state index contributed by atoms with van der Waals surface area (Å²) in [7, 11) is 1.63. The van der Waals surface area contributed by atoms with Gasteiger partial charge in [-0.3, -0.25) is 10.3 Å². The second kappa shape index (κ2) is 9.02. The Kier molecular flexibility index (Phi) is 6.09. The molecule has 35 heavy (non-hydrogen) atoms. The number of halogens is 1. The van der Waals surface area contributed by atoms with Gasteiger partial charge in [0.15, 0.2) is 5.82 Å². The second-order valence-electron chi connectivity index (χ2n) is 8.75. The summed E-state index contributed by atoms with van der Waals surface area (Å²) >= 11 is 0. The van der Waals surface area contributed by atoms with Crippen molar-refractivity contribution in [3.05, 3.63) is 53.9 Å². The van der Waals surface area contributed by atoms with Crippen molar-refractivity contribution in [1.29, 1.82) is 5.26 Å². The minimum absolute atomic E-state index is 0.297. The minimum Gasteiger partial charge on any atom is -0.482 e. The van der Waals surface area contributed by atoms with Crippen molar-refractivity contribution >= 4 is 17.4 Å². The zero-order valence-electron chi connectivity index (χ0n) is 19.8. The molecule has 0 unspecified atom stereocenters. The highest BCUT2D eigenvalue weighted by atomic mass is 19.1. The summed E-state index contributed by atoms with van der Waals surface area (Å²) in [5.74, 6) is 0.162. The van der Waals surface area contributed by atoms with Crippen molar-refractivity contribution in [3.63, 3.8) is 0 Å². The molecule has 0 saturated carbocycles. The maximum absolute atomic E-state index is 13.3. The average molecular weight is 478 g/mol. The first-order valence-electron chi connectivity index (χ1n) is 10.7. The number of amides is 1. The van der Waals surface area contributed by atoms with Gasteiger partial charge in [-0.2, -0.15) is 10.4 Å². The van der Waals surface area contributed by atoms with Gasteiger partial charge in [0.1, 0.15) is 46.1 Å². The Balaban J connectivity index is 1.76. The Labute approximate surface area is 200 Å². The number of pyridine rings is 2. The normalized spacial score (nSPS) is 12.3. The number of rotatable bonds is 5. The van der Waals surface area contributed by atoms with Gasteiger partial charge >= 0.3 is 6.09 Å². The molecule has 0 saturated heterocycles. The number of hydrogen-bond donors (Lipinski definition) is 1. The smallest absolute Gasteiger partial charge is 0.413 e. The van der Waals surface area contributed by atoms with Crippen LogP contribution >= 0.6 is 0 Å². The molecular formula is C23H23FN8O3. The quantitative estimate of drug-likeness (QED) is 0.455. The summed E-state index contributed by atoms with van der Waals surface area (Å²) in [5.41, 5.74) is 1.40. The van der Waals surface area contributed by atoms with Crippen molar-refractivity contribution in [2.45, 2.75) is 39.4 Å². The molecule has 11 nitrogen and oxygen atoms in total. The lowest BCUT2D eigenvalue weighted by Crippen LogP contribution is -2.28. The Bertz CT molecular complexity index is 1430. The van der Waals surface area contributed by atoms with E-state index in [1.165, 1.54) is 27.5 Å². The first-order valence-corrected chi connectivity index (χ1v) is 10.7. The highest BCUT2D eigenvalue weighted by molar-refractivity contribution is 5.89. The summed E-state index contributed by atoms with van der Waals surface area (Å²) in [6.07, 6.45) is 2.94. The first kappa shape index (κ1) is 23.6. The number of fused-ring (bicyclic) bond motifs is 1. The summed E-state index contributed by atoms with van der Waals surface area (Å²) in [6, 6.07) is 6.58. The van der Waals surface area contributed by atoms with Crippen LogP contribution in [0.25, 0.3) is 16.8 Å². The van der Waals surface area contributed by atoms with E-state index in [0.717, 1.165) is 6.20 Å². The Morgan fingerprint density at radius 2 is 2.06 bits per heavy atom. The van der Waals surface area contributed by atoms with E-state index in [2.05, 4.69) is 31.8 Å². The number of nitrogens with one attached hydrogen (secondary N) is 1. The average Bonchev–Trinajstić information content (AvgIpc) is 3.36. The number of hydrogen-bond acceptors (Lipinski definition) is 8. The lowest BCUT2D eigenvalue weighted by molar-refractivity contribution is 0.0634. The maximum Gasteiger partial charge on any atom is 0.413 e. The zero-order valence-corrected chi connectivity index (χ0v) is 19.8. The summed E-state index contributed by atoms with van der Waals surface area (Å²) in [5, 5.41) is 24.7. The molecular weight excluding hydrogens is 455 g/mol. The van der Waals surface area contributed by atoms with E-state index in [1.807, 2.05) is 0 Å². The van der Waals surface area contributed by atoms with Crippen LogP contribution in [-0.4, -0.2) is 41.3 Å². The molecule has 0 radical (unpaired) electrons. The molecule has 12 heteroatoms. The molecule has 0 aliphatic heterocycles. The van der Waals surface area contributed by atoms with Gasteiger partial charge in [0.2, 0.25) is 0 Å². The number of carbonyl (C=O) groups excluding carboxylic acids is 1. The van der Waals surface area contributed by atoms with Crippen LogP contribution in [0.3, 0.4) is 0 Å². The fourth-order valence-corrected chi connectivity index (χ4v) is 3.36. The van der Waals surface area contributed by atoms with Crippen LogP contribution < -0.4 is 10.1 Å². The van der Waals surface area contributed by atoms with Gasteiger partial charge in [-0.1, -0.05) is 5.21 Å². The van der Waals surface area contributed by atoms with E-state index < -0.39 is 23.6 Å². The fourth-order valence-electron chi connectivity index (χ4n) is 3.36. The predicted molar refractivity (Wildman–Crippen MR) is 123 cm³/mol. The van der Waals surface area contributed by atoms with E-state index in [9.17, 15) is 14.4 Å². The van der Waals surface area contributed by atoms with Gasteiger partial charge in [0, 0.05) is 18.8 Å². The zero-order chi connectivity index (χ0) is 25.3. The molecule has 4 rings (SSSR count). The van der Waals surface area contributed by atoms with Gasteiger partial charge in [0.25, 0.3) is 0 Å². The molecule has 0 aliphatic carbocycles. The number of ether oxygens (including phenoxy) is 2.